The molecule has 19 heavy (non-hydrogen) atoms. The summed E-state index contributed by atoms with van der Waals surface area (Å²) in [5, 5.41) is 0. The Labute approximate surface area is 118 Å². The third-order valence-electron chi connectivity index (χ3n) is 3.12. The lowest BCUT2D eigenvalue weighted by Gasteiger charge is -1.97. The zero-order valence-electron chi connectivity index (χ0n) is 11.6. The van der Waals surface area contributed by atoms with Crippen LogP contribution in [0.3, 0.4) is 0 Å². The highest BCUT2D eigenvalue weighted by atomic mass is 32.1. The van der Waals surface area contributed by atoms with Crippen LogP contribution in [0.1, 0.15) is 38.2 Å². The summed E-state index contributed by atoms with van der Waals surface area (Å²) >= 11 is 1.67. The minimum absolute atomic E-state index is 0.0846. The molecular formula is C17H18OS. The largest absolute Gasteiger partial charge is 0.289 e. The molecule has 0 aliphatic carbocycles. The number of rotatable bonds is 4. The summed E-state index contributed by atoms with van der Waals surface area (Å²) in [5.74, 6) is 0.0846. The van der Waals surface area contributed by atoms with E-state index in [0.717, 1.165) is 22.4 Å². The van der Waals surface area contributed by atoms with Crippen molar-refractivity contribution < 1.29 is 4.79 Å². The van der Waals surface area contributed by atoms with Crippen LogP contribution in [-0.2, 0) is 6.42 Å². The SMILES string of the molecule is CCc1ccc(/C=C/C(=O)c2cc(C)sc2C)cc1. The summed E-state index contributed by atoms with van der Waals surface area (Å²) in [7, 11) is 0. The predicted molar refractivity (Wildman–Crippen MR) is 83.0 cm³/mol. The second kappa shape index (κ2) is 5.98. The van der Waals surface area contributed by atoms with Crippen LogP contribution >= 0.6 is 11.3 Å². The van der Waals surface area contributed by atoms with E-state index in [4.69, 9.17) is 0 Å². The van der Waals surface area contributed by atoms with Crippen molar-refractivity contribution in [2.45, 2.75) is 27.2 Å². The molecule has 0 bridgehead atoms. The van der Waals surface area contributed by atoms with E-state index in [1.54, 1.807) is 17.4 Å². The summed E-state index contributed by atoms with van der Waals surface area (Å²) in [6, 6.07) is 10.3. The van der Waals surface area contributed by atoms with E-state index in [9.17, 15) is 4.79 Å². The second-order valence-electron chi connectivity index (χ2n) is 4.62. The number of hydrogen-bond acceptors (Lipinski definition) is 2. The number of aryl methyl sites for hydroxylation is 3. The minimum atomic E-state index is 0.0846. The Hall–Kier alpha value is -1.67. The lowest BCUT2D eigenvalue weighted by Crippen LogP contribution is -1.93. The molecule has 2 rings (SSSR count). The number of carbonyl (C=O) groups is 1. The zero-order chi connectivity index (χ0) is 13.8. The Kier molecular flexibility index (Phi) is 4.33. The van der Waals surface area contributed by atoms with E-state index < -0.39 is 0 Å². The molecule has 0 aliphatic rings. The van der Waals surface area contributed by atoms with Crippen molar-refractivity contribution in [3.8, 4) is 0 Å². The summed E-state index contributed by atoms with van der Waals surface area (Å²) in [5.41, 5.74) is 3.20. The molecule has 0 fully saturated rings. The maximum absolute atomic E-state index is 12.1. The third kappa shape index (κ3) is 3.42. The van der Waals surface area contributed by atoms with Gasteiger partial charge in [0.2, 0.25) is 0 Å². The third-order valence-corrected chi connectivity index (χ3v) is 4.09. The number of thiophene rings is 1. The first-order valence-corrected chi connectivity index (χ1v) is 7.30. The molecule has 1 aromatic heterocycles. The van der Waals surface area contributed by atoms with E-state index in [0.29, 0.717) is 0 Å². The van der Waals surface area contributed by atoms with Crippen LogP contribution < -0.4 is 0 Å². The van der Waals surface area contributed by atoms with Gasteiger partial charge in [0.25, 0.3) is 0 Å². The van der Waals surface area contributed by atoms with Gasteiger partial charge in [0, 0.05) is 15.3 Å². The van der Waals surface area contributed by atoms with Crippen molar-refractivity contribution in [1.29, 1.82) is 0 Å². The van der Waals surface area contributed by atoms with Crippen molar-refractivity contribution in [2.75, 3.05) is 0 Å². The molecule has 0 aliphatic heterocycles. The van der Waals surface area contributed by atoms with Gasteiger partial charge in [0.1, 0.15) is 0 Å². The average Bonchev–Trinajstić information content (AvgIpc) is 2.75. The average molecular weight is 270 g/mol. The van der Waals surface area contributed by atoms with Crippen molar-refractivity contribution in [3.63, 3.8) is 0 Å². The molecule has 1 aromatic carbocycles. The lowest BCUT2D eigenvalue weighted by atomic mass is 10.1. The molecule has 98 valence electrons. The highest BCUT2D eigenvalue weighted by Crippen LogP contribution is 2.21. The van der Waals surface area contributed by atoms with Crippen LogP contribution in [0.2, 0.25) is 0 Å². The molecule has 0 spiro atoms. The highest BCUT2D eigenvalue weighted by molar-refractivity contribution is 7.12. The molecule has 0 saturated heterocycles. The maximum atomic E-state index is 12.1. The van der Waals surface area contributed by atoms with Gasteiger partial charge in [-0.3, -0.25) is 4.79 Å². The Bertz CT molecular complexity index is 603. The monoisotopic (exact) mass is 270 g/mol. The predicted octanol–water partition coefficient (Wildman–Crippen LogP) is 4.82. The highest BCUT2D eigenvalue weighted by Gasteiger charge is 2.08. The number of ketones is 1. The fourth-order valence-electron chi connectivity index (χ4n) is 2.00. The summed E-state index contributed by atoms with van der Waals surface area (Å²) in [4.78, 5) is 14.4. The summed E-state index contributed by atoms with van der Waals surface area (Å²) in [6.45, 7) is 6.16. The van der Waals surface area contributed by atoms with E-state index in [1.165, 1.54) is 10.4 Å². The number of carbonyl (C=O) groups excluding carboxylic acids is 1. The molecule has 0 atom stereocenters. The van der Waals surface area contributed by atoms with E-state index >= 15 is 0 Å². The number of hydrogen-bond donors (Lipinski definition) is 0. The first-order valence-electron chi connectivity index (χ1n) is 6.48. The first kappa shape index (κ1) is 13.8. The fraction of sp³-hybridized carbons (Fsp3) is 0.235. The Morgan fingerprint density at radius 2 is 1.89 bits per heavy atom. The Morgan fingerprint density at radius 1 is 1.21 bits per heavy atom. The smallest absolute Gasteiger partial charge is 0.186 e. The van der Waals surface area contributed by atoms with Crippen molar-refractivity contribution >= 4 is 23.2 Å². The molecule has 0 radical (unpaired) electrons. The maximum Gasteiger partial charge on any atom is 0.186 e. The molecule has 2 heteroatoms. The van der Waals surface area contributed by atoms with Crippen LogP contribution in [0.15, 0.2) is 36.4 Å². The van der Waals surface area contributed by atoms with Crippen LogP contribution in [0.5, 0.6) is 0 Å². The van der Waals surface area contributed by atoms with Gasteiger partial charge < -0.3 is 0 Å². The molecule has 1 nitrogen and oxygen atoms in total. The zero-order valence-corrected chi connectivity index (χ0v) is 12.4. The molecular weight excluding hydrogens is 252 g/mol. The number of benzene rings is 1. The van der Waals surface area contributed by atoms with Gasteiger partial charge in [-0.1, -0.05) is 37.3 Å². The van der Waals surface area contributed by atoms with Crippen molar-refractivity contribution in [1.82, 2.24) is 0 Å². The van der Waals surface area contributed by atoms with Gasteiger partial charge in [-0.2, -0.15) is 0 Å². The van der Waals surface area contributed by atoms with Gasteiger partial charge in [0.15, 0.2) is 5.78 Å². The molecule has 0 unspecified atom stereocenters. The van der Waals surface area contributed by atoms with Crippen LogP contribution in [0.4, 0.5) is 0 Å². The minimum Gasteiger partial charge on any atom is -0.289 e. The molecule has 2 aromatic rings. The first-order chi connectivity index (χ1) is 9.10. The standard InChI is InChI=1S/C17H18OS/c1-4-14-5-7-15(8-6-14)9-10-17(18)16-11-12(2)19-13(16)3/h5-11H,4H2,1-3H3/b10-9+. The van der Waals surface area contributed by atoms with Crippen molar-refractivity contribution in [3.05, 3.63) is 62.9 Å². The second-order valence-corrected chi connectivity index (χ2v) is 6.08. The van der Waals surface area contributed by atoms with Gasteiger partial charge in [-0.15, -0.1) is 11.3 Å². The quantitative estimate of drug-likeness (QED) is 0.575. The van der Waals surface area contributed by atoms with Gasteiger partial charge in [-0.05, 0) is 43.5 Å². The van der Waals surface area contributed by atoms with Crippen molar-refractivity contribution in [2.24, 2.45) is 0 Å². The van der Waals surface area contributed by atoms with Gasteiger partial charge in [-0.25, -0.2) is 0 Å². The van der Waals surface area contributed by atoms with Crippen LogP contribution in [-0.4, -0.2) is 5.78 Å². The molecule has 0 saturated carbocycles. The van der Waals surface area contributed by atoms with E-state index in [2.05, 4.69) is 19.1 Å². The summed E-state index contributed by atoms with van der Waals surface area (Å²) in [6.07, 6.45) is 4.58. The molecule has 0 N–H and O–H groups in total. The fourth-order valence-corrected chi connectivity index (χ4v) is 2.93. The summed E-state index contributed by atoms with van der Waals surface area (Å²) < 4.78 is 0. The number of allylic oxidation sites excluding steroid dienone is 1. The van der Waals surface area contributed by atoms with E-state index in [-0.39, 0.29) is 5.78 Å². The Morgan fingerprint density at radius 3 is 2.42 bits per heavy atom. The van der Waals surface area contributed by atoms with Crippen LogP contribution in [0, 0.1) is 13.8 Å². The van der Waals surface area contributed by atoms with E-state index in [1.807, 2.05) is 38.1 Å². The molecule has 1 heterocycles. The Balaban J connectivity index is 2.13. The topological polar surface area (TPSA) is 17.1 Å². The van der Waals surface area contributed by atoms with Crippen LogP contribution in [0.25, 0.3) is 6.08 Å². The van der Waals surface area contributed by atoms with Gasteiger partial charge in [0.05, 0.1) is 0 Å². The normalized spacial score (nSPS) is 11.1. The molecule has 0 amide bonds. The van der Waals surface area contributed by atoms with Gasteiger partial charge >= 0.3 is 0 Å². The lowest BCUT2D eigenvalue weighted by molar-refractivity contribution is 0.104.